The van der Waals surface area contributed by atoms with Crippen LogP contribution in [0.5, 0.6) is 0 Å². The largest absolute Gasteiger partial charge is 0.461 e. The first-order chi connectivity index (χ1) is 10.0. The zero-order valence-corrected chi connectivity index (χ0v) is 13.1. The van der Waals surface area contributed by atoms with Gasteiger partial charge in [0.05, 0.1) is 6.61 Å². The number of alkyl carbamates (subject to hydrolysis) is 1. The first-order valence-corrected chi connectivity index (χ1v) is 7.86. The van der Waals surface area contributed by atoms with E-state index in [9.17, 15) is 9.59 Å². The molecule has 21 heavy (non-hydrogen) atoms. The minimum absolute atomic E-state index is 0.00800. The number of hydrogen-bond acceptors (Lipinski definition) is 5. The fourth-order valence-corrected chi connectivity index (χ4v) is 2.25. The summed E-state index contributed by atoms with van der Waals surface area (Å²) in [5.41, 5.74) is 5.47. The lowest BCUT2D eigenvalue weighted by atomic mass is 10.1. The number of carbonyl (C=O) groups excluding carboxylic acids is 2. The van der Waals surface area contributed by atoms with Crippen LogP contribution in [0, 0.1) is 5.92 Å². The average Bonchev–Trinajstić information content (AvgIpc) is 2.93. The molecule has 6 heteroatoms. The van der Waals surface area contributed by atoms with Gasteiger partial charge in [0.1, 0.15) is 12.1 Å². The molecule has 0 aromatic rings. The molecule has 6 nitrogen and oxygen atoms in total. The molecule has 0 unspecified atom stereocenters. The van der Waals surface area contributed by atoms with Crippen molar-refractivity contribution in [2.24, 2.45) is 11.7 Å². The van der Waals surface area contributed by atoms with Crippen molar-refractivity contribution in [3.63, 3.8) is 0 Å². The number of nitrogens with one attached hydrogen (secondary N) is 1. The van der Waals surface area contributed by atoms with E-state index in [1.54, 1.807) is 0 Å². The van der Waals surface area contributed by atoms with Crippen LogP contribution in [0.2, 0.25) is 0 Å². The highest BCUT2D eigenvalue weighted by Crippen LogP contribution is 2.21. The van der Waals surface area contributed by atoms with Gasteiger partial charge in [-0.1, -0.05) is 13.8 Å². The molecule has 0 radical (unpaired) electrons. The number of esters is 1. The highest BCUT2D eigenvalue weighted by Gasteiger charge is 2.27. The van der Waals surface area contributed by atoms with Crippen molar-refractivity contribution in [2.75, 3.05) is 13.2 Å². The molecule has 0 spiro atoms. The number of nitrogens with two attached hydrogens (primary N) is 1. The summed E-state index contributed by atoms with van der Waals surface area (Å²) in [6.45, 7) is 4.70. The molecule has 1 saturated carbocycles. The molecule has 3 N–H and O–H groups in total. The predicted molar refractivity (Wildman–Crippen MR) is 79.7 cm³/mol. The molecule has 1 aliphatic rings. The highest BCUT2D eigenvalue weighted by atomic mass is 16.6. The van der Waals surface area contributed by atoms with Crippen molar-refractivity contribution < 1.29 is 19.1 Å². The third-order valence-electron chi connectivity index (χ3n) is 3.41. The topological polar surface area (TPSA) is 90.6 Å². The number of rotatable bonds is 8. The fraction of sp³-hybridized carbons (Fsp3) is 0.867. The summed E-state index contributed by atoms with van der Waals surface area (Å²) in [7, 11) is 0. The molecule has 0 heterocycles. The Labute approximate surface area is 126 Å². The maximum absolute atomic E-state index is 12.1. The van der Waals surface area contributed by atoms with Crippen LogP contribution in [-0.4, -0.2) is 37.4 Å². The summed E-state index contributed by atoms with van der Waals surface area (Å²) in [6.07, 6.45) is 4.54. The molecule has 1 amide bonds. The molecule has 0 saturated heterocycles. The third kappa shape index (κ3) is 7.32. The first kappa shape index (κ1) is 17.8. The van der Waals surface area contributed by atoms with Crippen LogP contribution < -0.4 is 11.1 Å². The van der Waals surface area contributed by atoms with Crippen molar-refractivity contribution in [3.05, 3.63) is 0 Å². The van der Waals surface area contributed by atoms with Crippen LogP contribution in [-0.2, 0) is 14.3 Å². The van der Waals surface area contributed by atoms with Crippen molar-refractivity contribution in [1.29, 1.82) is 0 Å². The minimum Gasteiger partial charge on any atom is -0.461 e. The number of amides is 1. The second kappa shape index (κ2) is 9.60. The molecule has 0 aromatic carbocycles. The molecule has 1 atom stereocenters. The second-order valence-electron chi connectivity index (χ2n) is 5.96. The van der Waals surface area contributed by atoms with E-state index >= 15 is 0 Å². The number of ether oxygens (including phenoxy) is 2. The Kier molecular flexibility index (Phi) is 8.12. The van der Waals surface area contributed by atoms with Gasteiger partial charge in [0, 0.05) is 0 Å². The van der Waals surface area contributed by atoms with E-state index in [0.717, 1.165) is 25.7 Å². The van der Waals surface area contributed by atoms with Gasteiger partial charge in [0.25, 0.3) is 0 Å². The van der Waals surface area contributed by atoms with Crippen molar-refractivity contribution >= 4 is 12.1 Å². The van der Waals surface area contributed by atoms with Crippen molar-refractivity contribution in [2.45, 2.75) is 64.5 Å². The van der Waals surface area contributed by atoms with Gasteiger partial charge in [-0.05, 0) is 51.0 Å². The van der Waals surface area contributed by atoms with Gasteiger partial charge in [-0.2, -0.15) is 0 Å². The lowest BCUT2D eigenvalue weighted by Crippen LogP contribution is -2.43. The van der Waals surface area contributed by atoms with E-state index in [0.29, 0.717) is 26.0 Å². The summed E-state index contributed by atoms with van der Waals surface area (Å²) in [5, 5.41) is 2.59. The summed E-state index contributed by atoms with van der Waals surface area (Å²) in [6, 6.07) is -0.672. The van der Waals surface area contributed by atoms with Crippen LogP contribution in [0.15, 0.2) is 0 Å². The van der Waals surface area contributed by atoms with Crippen molar-refractivity contribution in [3.8, 4) is 0 Å². The summed E-state index contributed by atoms with van der Waals surface area (Å²) < 4.78 is 10.5. The van der Waals surface area contributed by atoms with E-state index in [1.807, 2.05) is 13.8 Å². The van der Waals surface area contributed by atoms with Crippen LogP contribution in [0.4, 0.5) is 4.79 Å². The second-order valence-corrected chi connectivity index (χ2v) is 5.96. The normalized spacial score (nSPS) is 16.8. The van der Waals surface area contributed by atoms with E-state index < -0.39 is 12.1 Å². The Bertz CT molecular complexity index is 328. The van der Waals surface area contributed by atoms with Gasteiger partial charge in [0.2, 0.25) is 0 Å². The Morgan fingerprint density at radius 1 is 1.29 bits per heavy atom. The Morgan fingerprint density at radius 3 is 2.52 bits per heavy atom. The smallest absolute Gasteiger partial charge is 0.407 e. The van der Waals surface area contributed by atoms with Crippen molar-refractivity contribution in [1.82, 2.24) is 5.32 Å². The summed E-state index contributed by atoms with van der Waals surface area (Å²) in [4.78, 5) is 23.8. The Hall–Kier alpha value is -1.30. The van der Waals surface area contributed by atoms with Crippen LogP contribution in [0.1, 0.15) is 52.4 Å². The van der Waals surface area contributed by atoms with E-state index in [4.69, 9.17) is 15.2 Å². The zero-order valence-electron chi connectivity index (χ0n) is 13.1. The molecule has 0 aliphatic heterocycles. The van der Waals surface area contributed by atoms with Gasteiger partial charge < -0.3 is 20.5 Å². The average molecular weight is 300 g/mol. The monoisotopic (exact) mass is 300 g/mol. The lowest BCUT2D eigenvalue weighted by Gasteiger charge is -2.20. The zero-order chi connectivity index (χ0) is 15.7. The molecular formula is C15H28N2O4. The molecule has 0 aromatic heterocycles. The Morgan fingerprint density at radius 2 is 1.95 bits per heavy atom. The summed E-state index contributed by atoms with van der Waals surface area (Å²) in [5.74, 6) is -0.125. The molecule has 0 bridgehead atoms. The Balaban J connectivity index is 2.44. The fourth-order valence-electron chi connectivity index (χ4n) is 2.25. The van der Waals surface area contributed by atoms with Crippen LogP contribution >= 0.6 is 0 Å². The van der Waals surface area contributed by atoms with Gasteiger partial charge in [-0.15, -0.1) is 0 Å². The predicted octanol–water partition coefficient (Wildman–Crippen LogP) is 1.96. The van der Waals surface area contributed by atoms with Gasteiger partial charge in [0.15, 0.2) is 0 Å². The van der Waals surface area contributed by atoms with E-state index in [-0.39, 0.29) is 18.0 Å². The highest BCUT2D eigenvalue weighted by molar-refractivity contribution is 5.81. The summed E-state index contributed by atoms with van der Waals surface area (Å²) >= 11 is 0. The maximum atomic E-state index is 12.1. The standard InChI is InChI=1S/C15H28N2O4/c1-11(2)10-20-15(19)17-13(8-5-9-16)14(18)21-12-6-3-4-7-12/h11-13H,3-10,16H2,1-2H3,(H,17,19)/t13-/m0/s1. The molecule has 1 fully saturated rings. The maximum Gasteiger partial charge on any atom is 0.407 e. The number of hydrogen-bond donors (Lipinski definition) is 2. The van der Waals surface area contributed by atoms with Gasteiger partial charge in [-0.25, -0.2) is 9.59 Å². The molecule has 1 rings (SSSR count). The molecule has 122 valence electrons. The number of carbonyl (C=O) groups is 2. The van der Waals surface area contributed by atoms with E-state index in [1.165, 1.54) is 0 Å². The lowest BCUT2D eigenvalue weighted by molar-refractivity contribution is -0.151. The molecular weight excluding hydrogens is 272 g/mol. The first-order valence-electron chi connectivity index (χ1n) is 7.86. The quantitative estimate of drug-likeness (QED) is 0.669. The van der Waals surface area contributed by atoms with E-state index in [2.05, 4.69) is 5.32 Å². The third-order valence-corrected chi connectivity index (χ3v) is 3.41. The molecule has 1 aliphatic carbocycles. The van der Waals surface area contributed by atoms with Gasteiger partial charge >= 0.3 is 12.1 Å². The van der Waals surface area contributed by atoms with Crippen LogP contribution in [0.25, 0.3) is 0 Å². The minimum atomic E-state index is -0.672. The van der Waals surface area contributed by atoms with Gasteiger partial charge in [-0.3, -0.25) is 0 Å². The van der Waals surface area contributed by atoms with Crippen LogP contribution in [0.3, 0.4) is 0 Å². The SMILES string of the molecule is CC(C)COC(=O)N[C@@H](CCCN)C(=O)OC1CCCC1.